The number of hydrogen-bond donors (Lipinski definition) is 1. The summed E-state index contributed by atoms with van der Waals surface area (Å²) in [5, 5.41) is 2.87. The summed E-state index contributed by atoms with van der Waals surface area (Å²) in [5.74, 6) is 0.529. The van der Waals surface area contributed by atoms with E-state index in [9.17, 15) is 8.78 Å². The second-order valence-electron chi connectivity index (χ2n) is 4.47. The third-order valence-electron chi connectivity index (χ3n) is 2.48. The molecular formula is C14H21F2NO. The zero-order valence-electron chi connectivity index (χ0n) is 11.1. The van der Waals surface area contributed by atoms with Gasteiger partial charge in [-0.2, -0.15) is 0 Å². The lowest BCUT2D eigenvalue weighted by Crippen LogP contribution is -2.28. The van der Waals surface area contributed by atoms with Gasteiger partial charge in [-0.3, -0.25) is 0 Å². The molecule has 0 aliphatic carbocycles. The van der Waals surface area contributed by atoms with E-state index in [1.165, 1.54) is 0 Å². The van der Waals surface area contributed by atoms with Crippen LogP contribution in [-0.2, 0) is 0 Å². The molecule has 2 nitrogen and oxygen atoms in total. The maximum atomic E-state index is 13.1. The van der Waals surface area contributed by atoms with Gasteiger partial charge in [0.1, 0.15) is 5.75 Å². The average Bonchev–Trinajstić information content (AvgIpc) is 2.30. The lowest BCUT2D eigenvalue weighted by atomic mass is 10.1. The Kier molecular flexibility index (Phi) is 6.05. The Labute approximate surface area is 107 Å². The van der Waals surface area contributed by atoms with E-state index in [1.54, 1.807) is 24.3 Å². The summed E-state index contributed by atoms with van der Waals surface area (Å²) in [6.07, 6.45) is -1.67. The van der Waals surface area contributed by atoms with E-state index >= 15 is 0 Å². The standard InChI is InChI=1S/C14H21F2NO/c1-4-9-17-13(14(15)16)11-7-5-6-8-12(11)18-10(2)3/h5-8,10,13-14,17H,4,9H2,1-3H3. The van der Waals surface area contributed by atoms with Gasteiger partial charge in [0.05, 0.1) is 12.1 Å². The van der Waals surface area contributed by atoms with Gasteiger partial charge >= 0.3 is 0 Å². The summed E-state index contributed by atoms with van der Waals surface area (Å²) < 4.78 is 31.8. The molecule has 1 rings (SSSR count). The van der Waals surface area contributed by atoms with Crippen LogP contribution < -0.4 is 10.1 Å². The first-order valence-electron chi connectivity index (χ1n) is 6.33. The van der Waals surface area contributed by atoms with Gasteiger partial charge in [-0.05, 0) is 32.9 Å². The number of alkyl halides is 2. The zero-order chi connectivity index (χ0) is 13.5. The van der Waals surface area contributed by atoms with Crippen molar-refractivity contribution in [3.8, 4) is 5.75 Å². The molecule has 1 atom stereocenters. The first kappa shape index (κ1) is 14.9. The van der Waals surface area contributed by atoms with Crippen LogP contribution >= 0.6 is 0 Å². The van der Waals surface area contributed by atoms with Crippen LogP contribution in [0.1, 0.15) is 38.8 Å². The van der Waals surface area contributed by atoms with Gasteiger partial charge in [0.2, 0.25) is 0 Å². The number of halogens is 2. The van der Waals surface area contributed by atoms with Crippen molar-refractivity contribution in [3.63, 3.8) is 0 Å². The Morgan fingerprint density at radius 3 is 2.44 bits per heavy atom. The second-order valence-corrected chi connectivity index (χ2v) is 4.47. The fourth-order valence-corrected chi connectivity index (χ4v) is 1.73. The Bertz CT molecular complexity index is 355. The van der Waals surface area contributed by atoms with Crippen molar-refractivity contribution >= 4 is 0 Å². The van der Waals surface area contributed by atoms with Gasteiger partial charge in [-0.25, -0.2) is 8.78 Å². The minimum atomic E-state index is -2.45. The van der Waals surface area contributed by atoms with Crippen LogP contribution in [0, 0.1) is 0 Å². The van der Waals surface area contributed by atoms with Gasteiger partial charge in [0, 0.05) is 5.56 Å². The fraction of sp³-hybridized carbons (Fsp3) is 0.571. The van der Waals surface area contributed by atoms with E-state index in [-0.39, 0.29) is 6.10 Å². The molecule has 0 spiro atoms. The number of rotatable bonds is 7. The number of ether oxygens (including phenoxy) is 1. The number of nitrogens with one attached hydrogen (secondary N) is 1. The van der Waals surface area contributed by atoms with E-state index in [0.717, 1.165) is 6.42 Å². The molecule has 18 heavy (non-hydrogen) atoms. The molecule has 1 aromatic carbocycles. The SMILES string of the molecule is CCCNC(c1ccccc1OC(C)C)C(F)F. The van der Waals surface area contributed by atoms with Crippen molar-refractivity contribution in [2.24, 2.45) is 0 Å². The van der Waals surface area contributed by atoms with Gasteiger partial charge in [0.25, 0.3) is 6.43 Å². The Morgan fingerprint density at radius 2 is 1.89 bits per heavy atom. The highest BCUT2D eigenvalue weighted by Crippen LogP contribution is 2.29. The first-order valence-corrected chi connectivity index (χ1v) is 6.33. The molecular weight excluding hydrogens is 236 g/mol. The van der Waals surface area contributed by atoms with E-state index < -0.39 is 12.5 Å². The molecule has 0 aliphatic rings. The average molecular weight is 257 g/mol. The smallest absolute Gasteiger partial charge is 0.257 e. The molecule has 1 unspecified atom stereocenters. The van der Waals surface area contributed by atoms with Crippen LogP contribution in [0.4, 0.5) is 8.78 Å². The summed E-state index contributed by atoms with van der Waals surface area (Å²) >= 11 is 0. The van der Waals surface area contributed by atoms with E-state index in [2.05, 4.69) is 5.32 Å². The minimum absolute atomic E-state index is 0.0318. The number of hydrogen-bond acceptors (Lipinski definition) is 2. The molecule has 102 valence electrons. The fourth-order valence-electron chi connectivity index (χ4n) is 1.73. The quantitative estimate of drug-likeness (QED) is 0.802. The normalized spacial score (nSPS) is 13.1. The lowest BCUT2D eigenvalue weighted by molar-refractivity contribution is 0.0958. The highest BCUT2D eigenvalue weighted by atomic mass is 19.3. The van der Waals surface area contributed by atoms with Crippen molar-refractivity contribution in [1.82, 2.24) is 5.32 Å². The van der Waals surface area contributed by atoms with Gasteiger partial charge in [-0.1, -0.05) is 25.1 Å². The van der Waals surface area contributed by atoms with Gasteiger partial charge < -0.3 is 10.1 Å². The largest absolute Gasteiger partial charge is 0.491 e. The molecule has 0 saturated carbocycles. The first-order chi connectivity index (χ1) is 8.56. The van der Waals surface area contributed by atoms with Crippen molar-refractivity contribution < 1.29 is 13.5 Å². The van der Waals surface area contributed by atoms with Gasteiger partial charge in [-0.15, -0.1) is 0 Å². The summed E-state index contributed by atoms with van der Waals surface area (Å²) in [7, 11) is 0. The molecule has 0 aromatic heterocycles. The van der Waals surface area contributed by atoms with Crippen LogP contribution in [-0.4, -0.2) is 19.1 Å². The lowest BCUT2D eigenvalue weighted by Gasteiger charge is -2.22. The van der Waals surface area contributed by atoms with Crippen molar-refractivity contribution in [2.45, 2.75) is 45.8 Å². The maximum absolute atomic E-state index is 13.1. The van der Waals surface area contributed by atoms with Crippen LogP contribution in [0.3, 0.4) is 0 Å². The van der Waals surface area contributed by atoms with Crippen LogP contribution in [0.25, 0.3) is 0 Å². The van der Waals surface area contributed by atoms with Crippen molar-refractivity contribution in [3.05, 3.63) is 29.8 Å². The third-order valence-corrected chi connectivity index (χ3v) is 2.48. The molecule has 0 bridgehead atoms. The molecule has 0 heterocycles. The van der Waals surface area contributed by atoms with Gasteiger partial charge in [0.15, 0.2) is 0 Å². The monoisotopic (exact) mass is 257 g/mol. The number of para-hydroxylation sites is 1. The maximum Gasteiger partial charge on any atom is 0.257 e. The molecule has 0 saturated heterocycles. The highest BCUT2D eigenvalue weighted by Gasteiger charge is 2.24. The molecule has 1 aromatic rings. The third kappa shape index (κ3) is 4.26. The van der Waals surface area contributed by atoms with E-state index in [4.69, 9.17) is 4.74 Å². The molecule has 1 N–H and O–H groups in total. The molecule has 0 amide bonds. The van der Waals surface area contributed by atoms with Crippen LogP contribution in [0.2, 0.25) is 0 Å². The van der Waals surface area contributed by atoms with Crippen molar-refractivity contribution in [1.29, 1.82) is 0 Å². The molecule has 4 heteroatoms. The van der Waals surface area contributed by atoms with Crippen LogP contribution in [0.5, 0.6) is 5.75 Å². The second kappa shape index (κ2) is 7.31. The summed E-state index contributed by atoms with van der Waals surface area (Å²) in [4.78, 5) is 0. The zero-order valence-corrected chi connectivity index (χ0v) is 11.1. The van der Waals surface area contributed by atoms with Crippen molar-refractivity contribution in [2.75, 3.05) is 6.54 Å². The molecule has 0 radical (unpaired) electrons. The summed E-state index contributed by atoms with van der Waals surface area (Å²) in [5.41, 5.74) is 0.523. The highest BCUT2D eigenvalue weighted by molar-refractivity contribution is 5.36. The summed E-state index contributed by atoms with van der Waals surface area (Å²) in [6.45, 7) is 6.28. The Balaban J connectivity index is 2.95. The van der Waals surface area contributed by atoms with E-state index in [0.29, 0.717) is 17.9 Å². The predicted molar refractivity (Wildman–Crippen MR) is 69.2 cm³/mol. The summed E-state index contributed by atoms with van der Waals surface area (Å²) in [6, 6.07) is 6.00. The molecule has 0 aliphatic heterocycles. The van der Waals surface area contributed by atoms with E-state index in [1.807, 2.05) is 20.8 Å². The minimum Gasteiger partial charge on any atom is -0.491 e. The number of benzene rings is 1. The predicted octanol–water partition coefficient (Wildman–Crippen LogP) is 3.78. The Hall–Kier alpha value is -1.16. The topological polar surface area (TPSA) is 21.3 Å². The molecule has 0 fully saturated rings. The van der Waals surface area contributed by atoms with Crippen LogP contribution in [0.15, 0.2) is 24.3 Å². The Morgan fingerprint density at radius 1 is 1.22 bits per heavy atom.